The summed E-state index contributed by atoms with van der Waals surface area (Å²) in [5.74, 6) is -1.11. The van der Waals surface area contributed by atoms with E-state index in [2.05, 4.69) is 31.5 Å². The summed E-state index contributed by atoms with van der Waals surface area (Å²) in [5.41, 5.74) is 0.543. The molecule has 0 aromatic carbocycles. The zero-order valence-electron chi connectivity index (χ0n) is 10.4. The van der Waals surface area contributed by atoms with Crippen molar-refractivity contribution in [3.05, 3.63) is 22.9 Å². The van der Waals surface area contributed by atoms with E-state index in [1.54, 1.807) is 23.4 Å². The molecule has 0 spiro atoms. The number of carbonyl (C=O) groups excluding carboxylic acids is 2. The normalized spacial score (nSPS) is 15.7. The number of halogens is 1. The average Bonchev–Trinajstić information content (AvgIpc) is 2.69. The highest BCUT2D eigenvalue weighted by molar-refractivity contribution is 9.10. The second-order valence-electron chi connectivity index (χ2n) is 4.21. The second kappa shape index (κ2) is 6.63. The molecule has 0 radical (unpaired) electrons. The van der Waals surface area contributed by atoms with Gasteiger partial charge in [-0.15, -0.1) is 0 Å². The molecule has 2 amide bonds. The molecule has 1 aliphatic rings. The Labute approximate surface area is 119 Å². The van der Waals surface area contributed by atoms with Crippen LogP contribution in [0, 0.1) is 0 Å². The molecule has 2 N–H and O–H groups in total. The zero-order valence-corrected chi connectivity index (χ0v) is 11.9. The SMILES string of the molecule is O=C(Nc1ccncc1Br)C(=O)N1CCCNCC1. The maximum Gasteiger partial charge on any atom is 0.313 e. The van der Waals surface area contributed by atoms with Crippen molar-refractivity contribution in [1.82, 2.24) is 15.2 Å². The fourth-order valence-electron chi connectivity index (χ4n) is 1.84. The van der Waals surface area contributed by atoms with Gasteiger partial charge in [-0.2, -0.15) is 0 Å². The van der Waals surface area contributed by atoms with Gasteiger partial charge in [-0.25, -0.2) is 0 Å². The molecule has 1 aromatic rings. The summed E-state index contributed by atoms with van der Waals surface area (Å²) in [6, 6.07) is 1.64. The van der Waals surface area contributed by atoms with Gasteiger partial charge in [0.15, 0.2) is 0 Å². The van der Waals surface area contributed by atoms with E-state index >= 15 is 0 Å². The summed E-state index contributed by atoms with van der Waals surface area (Å²) >= 11 is 3.27. The van der Waals surface area contributed by atoms with Crippen molar-refractivity contribution in [2.45, 2.75) is 6.42 Å². The van der Waals surface area contributed by atoms with Gasteiger partial charge in [0.05, 0.1) is 10.2 Å². The third-order valence-corrected chi connectivity index (χ3v) is 3.47. The summed E-state index contributed by atoms with van der Waals surface area (Å²) in [7, 11) is 0. The Morgan fingerprint density at radius 3 is 3.00 bits per heavy atom. The Hall–Kier alpha value is -1.47. The number of nitrogens with one attached hydrogen (secondary N) is 2. The van der Waals surface area contributed by atoms with Crippen LogP contribution in [0.1, 0.15) is 6.42 Å². The summed E-state index contributed by atoms with van der Waals surface area (Å²) in [6.45, 7) is 2.76. The molecule has 2 rings (SSSR count). The third kappa shape index (κ3) is 3.74. The first kappa shape index (κ1) is 14.0. The lowest BCUT2D eigenvalue weighted by Crippen LogP contribution is -2.41. The van der Waals surface area contributed by atoms with E-state index in [4.69, 9.17) is 0 Å². The van der Waals surface area contributed by atoms with E-state index in [1.807, 2.05) is 0 Å². The van der Waals surface area contributed by atoms with Crippen LogP contribution in [0.15, 0.2) is 22.9 Å². The molecule has 0 bridgehead atoms. The number of pyridine rings is 1. The predicted octanol–water partition coefficient (Wildman–Crippen LogP) is 0.604. The summed E-state index contributed by atoms with van der Waals surface area (Å²) in [5, 5.41) is 5.78. The number of anilines is 1. The molecule has 1 fully saturated rings. The molecule has 0 unspecified atom stereocenters. The van der Waals surface area contributed by atoms with Crippen molar-refractivity contribution in [2.24, 2.45) is 0 Å². The maximum absolute atomic E-state index is 12.0. The van der Waals surface area contributed by atoms with Crippen LogP contribution in [0.3, 0.4) is 0 Å². The lowest BCUT2D eigenvalue weighted by molar-refractivity contribution is -0.143. The van der Waals surface area contributed by atoms with Crippen LogP contribution in [0.5, 0.6) is 0 Å². The molecular formula is C12H15BrN4O2. The Kier molecular flexibility index (Phi) is 4.86. The molecule has 1 saturated heterocycles. The Balaban J connectivity index is 1.99. The Bertz CT molecular complexity index is 473. The Morgan fingerprint density at radius 1 is 1.37 bits per heavy atom. The number of hydrogen-bond acceptors (Lipinski definition) is 4. The van der Waals surface area contributed by atoms with Crippen LogP contribution in [-0.4, -0.2) is 47.9 Å². The molecule has 102 valence electrons. The second-order valence-corrected chi connectivity index (χ2v) is 5.06. The molecule has 7 heteroatoms. The fraction of sp³-hybridized carbons (Fsp3) is 0.417. The van der Waals surface area contributed by atoms with Gasteiger partial charge >= 0.3 is 11.8 Å². The molecule has 0 atom stereocenters. The predicted molar refractivity (Wildman–Crippen MR) is 74.6 cm³/mol. The van der Waals surface area contributed by atoms with E-state index in [1.165, 1.54) is 0 Å². The van der Waals surface area contributed by atoms with E-state index in [9.17, 15) is 9.59 Å². The van der Waals surface area contributed by atoms with Gasteiger partial charge in [0.1, 0.15) is 0 Å². The molecule has 1 aliphatic heterocycles. The molecule has 2 heterocycles. The van der Waals surface area contributed by atoms with Gasteiger partial charge in [-0.05, 0) is 35.0 Å². The van der Waals surface area contributed by atoms with Crippen LogP contribution in [0.25, 0.3) is 0 Å². The highest BCUT2D eigenvalue weighted by Crippen LogP contribution is 2.19. The van der Waals surface area contributed by atoms with Gasteiger partial charge in [0, 0.05) is 32.0 Å². The van der Waals surface area contributed by atoms with Crippen molar-refractivity contribution < 1.29 is 9.59 Å². The summed E-state index contributed by atoms with van der Waals surface area (Å²) in [4.78, 5) is 29.4. The fourth-order valence-corrected chi connectivity index (χ4v) is 2.19. The number of amides is 2. The summed E-state index contributed by atoms with van der Waals surface area (Å²) in [6.07, 6.45) is 3.98. The monoisotopic (exact) mass is 326 g/mol. The third-order valence-electron chi connectivity index (χ3n) is 2.84. The number of hydrogen-bond donors (Lipinski definition) is 2. The van der Waals surface area contributed by atoms with Crippen LogP contribution in [0.2, 0.25) is 0 Å². The first-order valence-electron chi connectivity index (χ1n) is 6.09. The molecule has 19 heavy (non-hydrogen) atoms. The van der Waals surface area contributed by atoms with Crippen molar-refractivity contribution in [1.29, 1.82) is 0 Å². The number of carbonyl (C=O) groups is 2. The van der Waals surface area contributed by atoms with E-state index < -0.39 is 11.8 Å². The molecule has 1 aromatic heterocycles. The lowest BCUT2D eigenvalue weighted by Gasteiger charge is -2.19. The first-order chi connectivity index (χ1) is 9.18. The van der Waals surface area contributed by atoms with E-state index in [-0.39, 0.29) is 0 Å². The van der Waals surface area contributed by atoms with Crippen molar-refractivity contribution in [3.63, 3.8) is 0 Å². The topological polar surface area (TPSA) is 74.3 Å². The van der Waals surface area contributed by atoms with Crippen molar-refractivity contribution in [2.75, 3.05) is 31.5 Å². The minimum atomic E-state index is -0.617. The van der Waals surface area contributed by atoms with Crippen LogP contribution in [-0.2, 0) is 9.59 Å². The Morgan fingerprint density at radius 2 is 2.21 bits per heavy atom. The molecule has 6 nitrogen and oxygen atoms in total. The zero-order chi connectivity index (χ0) is 13.7. The van der Waals surface area contributed by atoms with Gasteiger partial charge in [0.2, 0.25) is 0 Å². The quantitative estimate of drug-likeness (QED) is 0.741. The lowest BCUT2D eigenvalue weighted by atomic mass is 10.3. The molecule has 0 aliphatic carbocycles. The van der Waals surface area contributed by atoms with Crippen LogP contribution >= 0.6 is 15.9 Å². The van der Waals surface area contributed by atoms with Crippen molar-refractivity contribution >= 4 is 33.4 Å². The standard InChI is InChI=1S/C12H15BrN4O2/c13-9-8-15-4-2-10(9)16-11(18)12(19)17-6-1-3-14-5-7-17/h2,4,8,14H,1,3,5-7H2,(H,15,16,18). The number of rotatable bonds is 1. The number of nitrogens with zero attached hydrogens (tertiary/aromatic N) is 2. The van der Waals surface area contributed by atoms with Gasteiger partial charge in [-0.1, -0.05) is 0 Å². The van der Waals surface area contributed by atoms with Crippen LogP contribution in [0.4, 0.5) is 5.69 Å². The average molecular weight is 327 g/mol. The van der Waals surface area contributed by atoms with Gasteiger partial charge < -0.3 is 15.5 Å². The molecular weight excluding hydrogens is 312 g/mol. The van der Waals surface area contributed by atoms with E-state index in [0.29, 0.717) is 23.2 Å². The minimum Gasteiger partial charge on any atom is -0.333 e. The molecule has 0 saturated carbocycles. The highest BCUT2D eigenvalue weighted by atomic mass is 79.9. The minimum absolute atomic E-state index is 0.493. The number of aromatic nitrogens is 1. The van der Waals surface area contributed by atoms with E-state index in [0.717, 1.165) is 19.5 Å². The first-order valence-corrected chi connectivity index (χ1v) is 6.88. The summed E-state index contributed by atoms with van der Waals surface area (Å²) < 4.78 is 0.647. The van der Waals surface area contributed by atoms with Crippen molar-refractivity contribution in [3.8, 4) is 0 Å². The maximum atomic E-state index is 12.0. The van der Waals surface area contributed by atoms with Gasteiger partial charge in [0.25, 0.3) is 0 Å². The largest absolute Gasteiger partial charge is 0.333 e. The highest BCUT2D eigenvalue weighted by Gasteiger charge is 2.22. The smallest absolute Gasteiger partial charge is 0.313 e. The van der Waals surface area contributed by atoms with Gasteiger partial charge in [-0.3, -0.25) is 14.6 Å². The van der Waals surface area contributed by atoms with Crippen LogP contribution < -0.4 is 10.6 Å².